The average Bonchev–Trinajstić information content (AvgIpc) is 2.64. The number of amides is 1. The molecule has 0 aliphatic carbocycles. The van der Waals surface area contributed by atoms with Gasteiger partial charge in [0.15, 0.2) is 6.54 Å². The molecule has 0 radical (unpaired) electrons. The van der Waals surface area contributed by atoms with E-state index in [1.807, 2.05) is 12.1 Å². The lowest BCUT2D eigenvalue weighted by atomic mass is 9.90. The molecular formula is C22H29N2O+. The molecule has 0 aromatic heterocycles. The quantitative estimate of drug-likeness (QED) is 0.832. The fraction of sp³-hybridized carbons (Fsp3) is 0.409. The van der Waals surface area contributed by atoms with E-state index in [1.54, 1.807) is 0 Å². The van der Waals surface area contributed by atoms with Crippen LogP contribution in [0.4, 0.5) is 0 Å². The van der Waals surface area contributed by atoms with E-state index in [0.29, 0.717) is 13.1 Å². The zero-order chi connectivity index (χ0) is 17.5. The minimum Gasteiger partial charge on any atom is -0.347 e. The molecule has 3 rings (SSSR count). The Balaban J connectivity index is 1.38. The van der Waals surface area contributed by atoms with Crippen LogP contribution in [0, 0.1) is 12.8 Å². The van der Waals surface area contributed by atoms with Crippen molar-refractivity contribution in [1.29, 1.82) is 0 Å². The van der Waals surface area contributed by atoms with Gasteiger partial charge in [0, 0.05) is 6.54 Å². The first-order valence-corrected chi connectivity index (χ1v) is 9.39. The van der Waals surface area contributed by atoms with Crippen molar-refractivity contribution in [2.45, 2.75) is 32.7 Å². The molecule has 0 atom stereocenters. The van der Waals surface area contributed by atoms with Crippen LogP contribution in [0.25, 0.3) is 0 Å². The highest BCUT2D eigenvalue weighted by Gasteiger charge is 2.23. The Labute approximate surface area is 151 Å². The van der Waals surface area contributed by atoms with E-state index >= 15 is 0 Å². The third kappa shape index (κ3) is 5.43. The Hall–Kier alpha value is -2.13. The minimum absolute atomic E-state index is 0.166. The van der Waals surface area contributed by atoms with Crippen molar-refractivity contribution in [3.63, 3.8) is 0 Å². The van der Waals surface area contributed by atoms with Crippen LogP contribution in [0.1, 0.15) is 29.5 Å². The van der Waals surface area contributed by atoms with Crippen LogP contribution < -0.4 is 10.2 Å². The molecule has 2 N–H and O–H groups in total. The predicted molar refractivity (Wildman–Crippen MR) is 101 cm³/mol. The molecule has 0 saturated carbocycles. The number of carbonyl (C=O) groups is 1. The Bertz CT molecular complexity index is 675. The van der Waals surface area contributed by atoms with Crippen molar-refractivity contribution >= 4 is 5.91 Å². The molecule has 1 fully saturated rings. The molecule has 0 bridgehead atoms. The maximum Gasteiger partial charge on any atom is 0.275 e. The van der Waals surface area contributed by atoms with Crippen molar-refractivity contribution < 1.29 is 9.69 Å². The highest BCUT2D eigenvalue weighted by atomic mass is 16.2. The molecule has 1 heterocycles. The summed E-state index contributed by atoms with van der Waals surface area (Å²) in [5, 5.41) is 3.08. The van der Waals surface area contributed by atoms with Crippen LogP contribution in [-0.2, 0) is 17.8 Å². The van der Waals surface area contributed by atoms with Crippen molar-refractivity contribution in [1.82, 2.24) is 5.32 Å². The number of piperidine rings is 1. The lowest BCUT2D eigenvalue weighted by Gasteiger charge is -2.29. The number of rotatable bonds is 6. The summed E-state index contributed by atoms with van der Waals surface area (Å²) in [7, 11) is 0. The topological polar surface area (TPSA) is 33.5 Å². The zero-order valence-corrected chi connectivity index (χ0v) is 15.1. The van der Waals surface area contributed by atoms with E-state index in [1.165, 1.54) is 40.9 Å². The van der Waals surface area contributed by atoms with Crippen LogP contribution in [0.5, 0.6) is 0 Å². The fourth-order valence-electron chi connectivity index (χ4n) is 3.71. The summed E-state index contributed by atoms with van der Waals surface area (Å²) in [6, 6.07) is 19.0. The van der Waals surface area contributed by atoms with Crippen molar-refractivity contribution in [3.05, 3.63) is 71.3 Å². The molecule has 132 valence electrons. The van der Waals surface area contributed by atoms with Gasteiger partial charge in [-0.05, 0) is 48.8 Å². The molecule has 1 saturated heterocycles. The maximum absolute atomic E-state index is 12.2. The third-order valence-electron chi connectivity index (χ3n) is 5.33. The standard InChI is InChI=1S/C22H28N2O/c1-18-7-5-6-10-21(18)16-23-22(25)17-24-13-11-20(12-14-24)15-19-8-3-2-4-9-19/h2-10,20H,11-17H2,1H3,(H,23,25)/p+1. The fourth-order valence-corrected chi connectivity index (χ4v) is 3.71. The Morgan fingerprint density at radius 1 is 1.04 bits per heavy atom. The summed E-state index contributed by atoms with van der Waals surface area (Å²) >= 11 is 0. The van der Waals surface area contributed by atoms with Gasteiger partial charge in [0.1, 0.15) is 0 Å². The number of quaternary nitrogens is 1. The molecule has 1 aliphatic heterocycles. The van der Waals surface area contributed by atoms with Gasteiger partial charge in [-0.3, -0.25) is 4.79 Å². The minimum atomic E-state index is 0.166. The molecule has 1 amide bonds. The molecule has 3 heteroatoms. The first-order chi connectivity index (χ1) is 12.2. The zero-order valence-electron chi connectivity index (χ0n) is 15.1. The van der Waals surface area contributed by atoms with Gasteiger partial charge in [0.25, 0.3) is 5.91 Å². The van der Waals surface area contributed by atoms with Crippen LogP contribution in [0.2, 0.25) is 0 Å². The largest absolute Gasteiger partial charge is 0.347 e. The summed E-state index contributed by atoms with van der Waals surface area (Å²) in [6.45, 7) is 5.54. The van der Waals surface area contributed by atoms with Gasteiger partial charge >= 0.3 is 0 Å². The lowest BCUT2D eigenvalue weighted by Crippen LogP contribution is -3.14. The van der Waals surface area contributed by atoms with Gasteiger partial charge in [0.2, 0.25) is 0 Å². The van der Waals surface area contributed by atoms with Crippen molar-refractivity contribution in [2.24, 2.45) is 5.92 Å². The van der Waals surface area contributed by atoms with Gasteiger partial charge in [0.05, 0.1) is 13.1 Å². The summed E-state index contributed by atoms with van der Waals surface area (Å²) in [5.41, 5.74) is 3.87. The van der Waals surface area contributed by atoms with Crippen LogP contribution in [0.3, 0.4) is 0 Å². The van der Waals surface area contributed by atoms with Gasteiger partial charge < -0.3 is 10.2 Å². The van der Waals surface area contributed by atoms with Crippen LogP contribution >= 0.6 is 0 Å². The average molecular weight is 337 g/mol. The first kappa shape index (κ1) is 17.7. The van der Waals surface area contributed by atoms with Gasteiger partial charge in [-0.1, -0.05) is 54.6 Å². The third-order valence-corrected chi connectivity index (χ3v) is 5.33. The number of likely N-dealkylation sites (tertiary alicyclic amines) is 1. The number of aryl methyl sites for hydroxylation is 1. The molecule has 2 aromatic carbocycles. The van der Waals surface area contributed by atoms with E-state index < -0.39 is 0 Å². The van der Waals surface area contributed by atoms with E-state index in [0.717, 1.165) is 19.0 Å². The second kappa shape index (κ2) is 8.82. The van der Waals surface area contributed by atoms with E-state index in [2.05, 4.69) is 54.7 Å². The summed E-state index contributed by atoms with van der Waals surface area (Å²) in [4.78, 5) is 13.7. The number of hydrogen-bond acceptors (Lipinski definition) is 1. The normalized spacial score (nSPS) is 20.2. The first-order valence-electron chi connectivity index (χ1n) is 9.39. The summed E-state index contributed by atoms with van der Waals surface area (Å²) in [5.74, 6) is 0.931. The Morgan fingerprint density at radius 3 is 2.44 bits per heavy atom. The SMILES string of the molecule is Cc1ccccc1CNC(=O)C[NH+]1CCC(Cc2ccccc2)CC1. The smallest absolute Gasteiger partial charge is 0.275 e. The van der Waals surface area contributed by atoms with Crippen LogP contribution in [0.15, 0.2) is 54.6 Å². The Kier molecular flexibility index (Phi) is 6.24. The summed E-state index contributed by atoms with van der Waals surface area (Å²) in [6.07, 6.45) is 3.61. The number of hydrogen-bond donors (Lipinski definition) is 2. The summed E-state index contributed by atoms with van der Waals surface area (Å²) < 4.78 is 0. The van der Waals surface area contributed by atoms with Crippen molar-refractivity contribution in [3.8, 4) is 0 Å². The lowest BCUT2D eigenvalue weighted by molar-refractivity contribution is -0.898. The molecule has 0 spiro atoms. The van der Waals surface area contributed by atoms with Gasteiger partial charge in [-0.15, -0.1) is 0 Å². The number of carbonyl (C=O) groups excluding carboxylic acids is 1. The molecule has 2 aromatic rings. The van der Waals surface area contributed by atoms with Gasteiger partial charge in [-0.25, -0.2) is 0 Å². The highest BCUT2D eigenvalue weighted by molar-refractivity contribution is 5.76. The van der Waals surface area contributed by atoms with Crippen molar-refractivity contribution in [2.75, 3.05) is 19.6 Å². The second-order valence-electron chi connectivity index (χ2n) is 7.26. The molecular weight excluding hydrogens is 308 g/mol. The number of nitrogens with one attached hydrogen (secondary N) is 2. The van der Waals surface area contributed by atoms with Crippen LogP contribution in [-0.4, -0.2) is 25.5 Å². The van der Waals surface area contributed by atoms with E-state index in [-0.39, 0.29) is 5.91 Å². The molecule has 25 heavy (non-hydrogen) atoms. The Morgan fingerprint density at radius 2 is 1.72 bits per heavy atom. The molecule has 3 nitrogen and oxygen atoms in total. The molecule has 0 unspecified atom stereocenters. The second-order valence-corrected chi connectivity index (χ2v) is 7.26. The predicted octanol–water partition coefficient (Wildman–Crippen LogP) is 2.15. The van der Waals surface area contributed by atoms with Gasteiger partial charge in [-0.2, -0.15) is 0 Å². The molecule has 1 aliphatic rings. The highest BCUT2D eigenvalue weighted by Crippen LogP contribution is 2.16. The number of benzene rings is 2. The monoisotopic (exact) mass is 337 g/mol. The van der Waals surface area contributed by atoms with E-state index in [9.17, 15) is 4.79 Å². The maximum atomic E-state index is 12.2. The van der Waals surface area contributed by atoms with E-state index in [4.69, 9.17) is 0 Å².